The number of halogens is 2. The third-order valence-corrected chi connectivity index (χ3v) is 2.73. The van der Waals surface area contributed by atoms with Gasteiger partial charge in [0.2, 0.25) is 0 Å². The summed E-state index contributed by atoms with van der Waals surface area (Å²) in [6.45, 7) is 0.530. The first-order valence-corrected chi connectivity index (χ1v) is 5.27. The zero-order valence-electron chi connectivity index (χ0n) is 9.07. The standard InChI is InChI=1S/C10H17F2NO3/c11-9(12)5-13(2-3-14)6-10(7-15)1-4-16-8-10/h7,9,14H,1-6,8H2. The van der Waals surface area contributed by atoms with E-state index in [9.17, 15) is 13.6 Å². The highest BCUT2D eigenvalue weighted by molar-refractivity contribution is 5.60. The van der Waals surface area contributed by atoms with E-state index >= 15 is 0 Å². The van der Waals surface area contributed by atoms with Crippen LogP contribution in [0.1, 0.15) is 6.42 Å². The van der Waals surface area contributed by atoms with E-state index < -0.39 is 18.4 Å². The maximum atomic E-state index is 12.3. The zero-order valence-corrected chi connectivity index (χ0v) is 9.07. The van der Waals surface area contributed by atoms with Gasteiger partial charge in [-0.05, 0) is 6.42 Å². The molecule has 0 radical (unpaired) electrons. The van der Waals surface area contributed by atoms with Gasteiger partial charge in [-0.1, -0.05) is 0 Å². The number of hydrogen-bond acceptors (Lipinski definition) is 4. The normalized spacial score (nSPS) is 25.6. The highest BCUT2D eigenvalue weighted by Crippen LogP contribution is 2.27. The number of carbonyl (C=O) groups is 1. The topological polar surface area (TPSA) is 49.8 Å². The summed E-state index contributed by atoms with van der Waals surface area (Å²) < 4.78 is 29.7. The van der Waals surface area contributed by atoms with Crippen molar-refractivity contribution in [2.45, 2.75) is 12.8 Å². The Hall–Kier alpha value is -0.590. The fourth-order valence-electron chi connectivity index (χ4n) is 1.89. The van der Waals surface area contributed by atoms with E-state index in [2.05, 4.69) is 0 Å². The van der Waals surface area contributed by atoms with E-state index in [0.717, 1.165) is 6.29 Å². The zero-order chi connectivity index (χ0) is 12.0. The Kier molecular flexibility index (Phi) is 5.24. The summed E-state index contributed by atoms with van der Waals surface area (Å²) in [7, 11) is 0. The number of nitrogens with zero attached hydrogens (tertiary/aromatic N) is 1. The first-order valence-electron chi connectivity index (χ1n) is 5.27. The SMILES string of the molecule is O=CC1(CN(CCO)CC(F)F)CCOC1. The minimum absolute atomic E-state index is 0.153. The average molecular weight is 237 g/mol. The Balaban J connectivity index is 2.54. The maximum Gasteiger partial charge on any atom is 0.251 e. The Labute approximate surface area is 93.2 Å². The lowest BCUT2D eigenvalue weighted by Gasteiger charge is -2.29. The molecule has 1 N–H and O–H groups in total. The molecule has 0 spiro atoms. The Morgan fingerprint density at radius 2 is 2.31 bits per heavy atom. The molecule has 0 aromatic heterocycles. The molecule has 0 aromatic carbocycles. The van der Waals surface area contributed by atoms with Gasteiger partial charge in [0.25, 0.3) is 6.43 Å². The molecular weight excluding hydrogens is 220 g/mol. The quantitative estimate of drug-likeness (QED) is 0.640. The van der Waals surface area contributed by atoms with Gasteiger partial charge in [0, 0.05) is 19.7 Å². The molecule has 0 saturated carbocycles. The van der Waals surface area contributed by atoms with Crippen LogP contribution in [0.2, 0.25) is 0 Å². The minimum atomic E-state index is -2.46. The predicted molar refractivity (Wildman–Crippen MR) is 53.5 cm³/mol. The van der Waals surface area contributed by atoms with Gasteiger partial charge in [0.05, 0.1) is 25.2 Å². The summed E-state index contributed by atoms with van der Waals surface area (Å²) in [4.78, 5) is 12.4. The molecule has 6 heteroatoms. The summed E-state index contributed by atoms with van der Waals surface area (Å²) in [5.41, 5.74) is -0.677. The van der Waals surface area contributed by atoms with Crippen LogP contribution in [0.25, 0.3) is 0 Å². The lowest BCUT2D eigenvalue weighted by molar-refractivity contribution is -0.117. The molecule has 1 heterocycles. The second-order valence-electron chi connectivity index (χ2n) is 4.13. The average Bonchev–Trinajstić information content (AvgIpc) is 2.66. The molecular formula is C10H17F2NO3. The highest BCUT2D eigenvalue weighted by atomic mass is 19.3. The summed E-state index contributed by atoms with van der Waals surface area (Å²) >= 11 is 0. The van der Waals surface area contributed by atoms with Crippen LogP contribution < -0.4 is 0 Å². The lowest BCUT2D eigenvalue weighted by atomic mass is 9.88. The number of alkyl halides is 2. The van der Waals surface area contributed by atoms with Gasteiger partial charge in [0.15, 0.2) is 0 Å². The Bertz CT molecular complexity index is 220. The number of ether oxygens (including phenoxy) is 1. The summed E-state index contributed by atoms with van der Waals surface area (Å²) in [6, 6.07) is 0. The van der Waals surface area contributed by atoms with Gasteiger partial charge in [-0.2, -0.15) is 0 Å². The largest absolute Gasteiger partial charge is 0.395 e. The van der Waals surface area contributed by atoms with E-state index in [1.54, 1.807) is 0 Å². The van der Waals surface area contributed by atoms with Crippen molar-refractivity contribution in [3.8, 4) is 0 Å². The molecule has 16 heavy (non-hydrogen) atoms. The summed E-state index contributed by atoms with van der Waals surface area (Å²) in [5, 5.41) is 8.77. The second-order valence-corrected chi connectivity index (χ2v) is 4.13. The number of aldehydes is 1. The van der Waals surface area contributed by atoms with Gasteiger partial charge in [0.1, 0.15) is 6.29 Å². The van der Waals surface area contributed by atoms with Crippen LogP contribution in [0, 0.1) is 5.41 Å². The molecule has 4 nitrogen and oxygen atoms in total. The molecule has 94 valence electrons. The first-order chi connectivity index (χ1) is 7.62. The van der Waals surface area contributed by atoms with Gasteiger partial charge >= 0.3 is 0 Å². The molecule has 1 atom stereocenters. The number of hydrogen-bond donors (Lipinski definition) is 1. The Morgan fingerprint density at radius 3 is 2.75 bits per heavy atom. The minimum Gasteiger partial charge on any atom is -0.395 e. The first kappa shape index (κ1) is 13.5. The molecule has 1 fully saturated rings. The van der Waals surface area contributed by atoms with Crippen molar-refractivity contribution in [2.75, 3.05) is 39.5 Å². The third-order valence-electron chi connectivity index (χ3n) is 2.73. The van der Waals surface area contributed by atoms with Crippen molar-refractivity contribution in [3.63, 3.8) is 0 Å². The molecule has 1 saturated heterocycles. The van der Waals surface area contributed by atoms with Crippen LogP contribution in [0.3, 0.4) is 0 Å². The highest BCUT2D eigenvalue weighted by Gasteiger charge is 2.36. The van der Waals surface area contributed by atoms with Crippen molar-refractivity contribution < 1.29 is 23.4 Å². The van der Waals surface area contributed by atoms with Crippen LogP contribution >= 0.6 is 0 Å². The smallest absolute Gasteiger partial charge is 0.251 e. The van der Waals surface area contributed by atoms with Crippen LogP contribution in [0.15, 0.2) is 0 Å². The summed E-state index contributed by atoms with van der Waals surface area (Å²) in [6.07, 6.45) is -1.12. The molecule has 1 rings (SSSR count). The molecule has 0 aromatic rings. The fraction of sp³-hybridized carbons (Fsp3) is 0.900. The molecule has 0 amide bonds. The van der Waals surface area contributed by atoms with Crippen molar-refractivity contribution in [1.82, 2.24) is 4.90 Å². The maximum absolute atomic E-state index is 12.3. The predicted octanol–water partition coefficient (Wildman–Crippen LogP) is 0.151. The fourth-order valence-corrected chi connectivity index (χ4v) is 1.89. The van der Waals surface area contributed by atoms with Crippen LogP contribution in [-0.2, 0) is 9.53 Å². The number of rotatable bonds is 7. The molecule has 1 aliphatic heterocycles. The van der Waals surface area contributed by atoms with Crippen molar-refractivity contribution in [3.05, 3.63) is 0 Å². The van der Waals surface area contributed by atoms with E-state index in [0.29, 0.717) is 13.0 Å². The molecule has 1 unspecified atom stereocenters. The molecule has 1 aliphatic rings. The van der Waals surface area contributed by atoms with Gasteiger partial charge < -0.3 is 14.6 Å². The van der Waals surface area contributed by atoms with Gasteiger partial charge in [-0.15, -0.1) is 0 Å². The van der Waals surface area contributed by atoms with Crippen molar-refractivity contribution >= 4 is 6.29 Å². The van der Waals surface area contributed by atoms with Crippen LogP contribution in [-0.4, -0.2) is 62.2 Å². The van der Waals surface area contributed by atoms with E-state index in [1.807, 2.05) is 0 Å². The van der Waals surface area contributed by atoms with Gasteiger partial charge in [-0.3, -0.25) is 4.90 Å². The molecule has 0 bridgehead atoms. The Morgan fingerprint density at radius 1 is 1.56 bits per heavy atom. The monoisotopic (exact) mass is 237 g/mol. The third kappa shape index (κ3) is 3.77. The van der Waals surface area contributed by atoms with E-state index in [-0.39, 0.29) is 26.3 Å². The van der Waals surface area contributed by atoms with Crippen molar-refractivity contribution in [2.24, 2.45) is 5.41 Å². The second kappa shape index (κ2) is 6.22. The lowest BCUT2D eigenvalue weighted by Crippen LogP contribution is -2.42. The van der Waals surface area contributed by atoms with E-state index in [4.69, 9.17) is 9.84 Å². The summed E-state index contributed by atoms with van der Waals surface area (Å²) in [5.74, 6) is 0. The number of carbonyl (C=O) groups excluding carboxylic acids is 1. The number of aliphatic hydroxyl groups excluding tert-OH is 1. The van der Waals surface area contributed by atoms with Crippen LogP contribution in [0.4, 0.5) is 8.78 Å². The number of aliphatic hydroxyl groups is 1. The van der Waals surface area contributed by atoms with Crippen molar-refractivity contribution in [1.29, 1.82) is 0 Å². The van der Waals surface area contributed by atoms with Crippen LogP contribution in [0.5, 0.6) is 0 Å². The van der Waals surface area contributed by atoms with E-state index in [1.165, 1.54) is 4.90 Å². The van der Waals surface area contributed by atoms with Gasteiger partial charge in [-0.25, -0.2) is 8.78 Å². The molecule has 0 aliphatic carbocycles.